The first-order chi connectivity index (χ1) is 17.9. The van der Waals surface area contributed by atoms with Crippen LogP contribution in [0.25, 0.3) is 0 Å². The second-order valence-electron chi connectivity index (χ2n) is 9.31. The molecule has 0 N–H and O–H groups in total. The molecule has 0 spiro atoms. The zero-order valence-electron chi connectivity index (χ0n) is 20.7. The second kappa shape index (κ2) is 12.4. The highest BCUT2D eigenvalue weighted by molar-refractivity contribution is 6.54. The molecular formula is C32H32BN2Si. The molecule has 5 rings (SSSR count). The molecule has 4 heteroatoms. The maximum Gasteiger partial charge on any atom is 0.215 e. The molecule has 0 aliphatic heterocycles. The summed E-state index contributed by atoms with van der Waals surface area (Å²) in [5.41, 5.74) is 6.50. The van der Waals surface area contributed by atoms with Crippen LogP contribution in [0.3, 0.4) is 0 Å². The van der Waals surface area contributed by atoms with Crippen LogP contribution in [0.1, 0.15) is 40.4 Å². The summed E-state index contributed by atoms with van der Waals surface area (Å²) in [7, 11) is 2.04. The molecule has 0 unspecified atom stereocenters. The van der Waals surface area contributed by atoms with E-state index in [0.29, 0.717) is 5.92 Å². The van der Waals surface area contributed by atoms with Gasteiger partial charge in [0.2, 0.25) is 7.28 Å². The monoisotopic (exact) mass is 483 g/mol. The topological polar surface area (TPSA) is 17.8 Å². The van der Waals surface area contributed by atoms with Crippen LogP contribution in [0.5, 0.6) is 0 Å². The SMILES string of the molecule is [B](c1nccn1C[SiH2]CCC(c1ccccc1)c1ccccc1)C(c1ccccc1)c1ccccc1. The van der Waals surface area contributed by atoms with Gasteiger partial charge in [-0.1, -0.05) is 127 Å². The van der Waals surface area contributed by atoms with Crippen LogP contribution < -0.4 is 5.72 Å². The summed E-state index contributed by atoms with van der Waals surface area (Å²) < 4.78 is 2.37. The van der Waals surface area contributed by atoms with Gasteiger partial charge in [-0.3, -0.25) is 4.98 Å². The Bertz CT molecular complexity index is 1230. The van der Waals surface area contributed by atoms with Crippen LogP contribution in [0.15, 0.2) is 134 Å². The number of aromatic nitrogens is 2. The molecule has 2 nitrogen and oxygen atoms in total. The summed E-state index contributed by atoms with van der Waals surface area (Å²) in [6.07, 6.45) is 6.41. The van der Waals surface area contributed by atoms with Crippen molar-refractivity contribution in [1.29, 1.82) is 0 Å². The van der Waals surface area contributed by atoms with Gasteiger partial charge in [0.15, 0.2) is 0 Å². The number of hydrogen-bond acceptors (Lipinski definition) is 1. The van der Waals surface area contributed by atoms with Gasteiger partial charge >= 0.3 is 0 Å². The minimum atomic E-state index is -0.288. The van der Waals surface area contributed by atoms with Crippen molar-refractivity contribution in [3.8, 4) is 0 Å². The van der Waals surface area contributed by atoms with E-state index in [4.69, 9.17) is 4.98 Å². The molecule has 4 aromatic carbocycles. The summed E-state index contributed by atoms with van der Waals surface area (Å²) in [5, 5.41) is 0. The molecule has 0 aliphatic rings. The Morgan fingerprint density at radius 2 is 1.11 bits per heavy atom. The quantitative estimate of drug-likeness (QED) is 0.172. The molecule has 0 bridgehead atoms. The van der Waals surface area contributed by atoms with Gasteiger partial charge in [0.25, 0.3) is 0 Å². The van der Waals surface area contributed by atoms with E-state index in [-0.39, 0.29) is 15.3 Å². The Morgan fingerprint density at radius 3 is 1.61 bits per heavy atom. The third-order valence-electron chi connectivity index (χ3n) is 6.93. The lowest BCUT2D eigenvalue weighted by atomic mass is 9.58. The summed E-state index contributed by atoms with van der Waals surface area (Å²) in [6, 6.07) is 44.7. The van der Waals surface area contributed by atoms with Crippen molar-refractivity contribution in [2.75, 3.05) is 0 Å². The first-order valence-electron chi connectivity index (χ1n) is 12.9. The van der Waals surface area contributed by atoms with Gasteiger partial charge < -0.3 is 4.57 Å². The fraction of sp³-hybridized carbons (Fsp3) is 0.156. The second-order valence-corrected chi connectivity index (χ2v) is 11.2. The highest BCUT2D eigenvalue weighted by atomic mass is 28.2. The first kappa shape index (κ1) is 24.1. The van der Waals surface area contributed by atoms with E-state index in [2.05, 4.69) is 139 Å². The number of nitrogens with zero attached hydrogens (tertiary/aromatic N) is 2. The van der Waals surface area contributed by atoms with Gasteiger partial charge in [0.1, 0.15) is 0 Å². The molecule has 1 heterocycles. The van der Waals surface area contributed by atoms with Crippen molar-refractivity contribution in [3.05, 3.63) is 156 Å². The van der Waals surface area contributed by atoms with Crippen LogP contribution in [0.2, 0.25) is 6.04 Å². The van der Waals surface area contributed by atoms with Gasteiger partial charge in [-0.15, -0.1) is 0 Å². The van der Waals surface area contributed by atoms with Crippen molar-refractivity contribution in [2.45, 2.75) is 30.4 Å². The summed E-state index contributed by atoms with van der Waals surface area (Å²) in [5.74, 6) is 0.657. The van der Waals surface area contributed by atoms with E-state index in [1.54, 1.807) is 0 Å². The zero-order chi connectivity index (χ0) is 24.4. The Balaban J connectivity index is 1.25. The third-order valence-corrected chi connectivity index (χ3v) is 8.63. The van der Waals surface area contributed by atoms with Crippen LogP contribution in [-0.2, 0) is 6.17 Å². The van der Waals surface area contributed by atoms with Crippen molar-refractivity contribution in [3.63, 3.8) is 0 Å². The standard InChI is InChI=1S/C32H32BN2Si/c1-5-13-26(14-6-1)30(27-15-7-2-8-16-27)21-24-36-25-35-23-22-34-32(35)33-31(28-17-9-3-10-18-28)29-19-11-4-12-20-29/h1-20,22-23,30-31H,21,24-25,36H2. The maximum atomic E-state index is 4.75. The van der Waals surface area contributed by atoms with Crippen LogP contribution in [0.4, 0.5) is 0 Å². The van der Waals surface area contributed by atoms with Crippen molar-refractivity contribution >= 4 is 22.5 Å². The van der Waals surface area contributed by atoms with E-state index in [1.807, 2.05) is 6.20 Å². The average molecular weight is 484 g/mol. The predicted molar refractivity (Wildman–Crippen MR) is 155 cm³/mol. The van der Waals surface area contributed by atoms with Gasteiger partial charge in [-0.25, -0.2) is 0 Å². The molecule has 0 fully saturated rings. The van der Waals surface area contributed by atoms with Crippen LogP contribution in [-0.4, -0.2) is 26.4 Å². The lowest BCUT2D eigenvalue weighted by molar-refractivity contribution is 0.766. The average Bonchev–Trinajstić information content (AvgIpc) is 3.40. The van der Waals surface area contributed by atoms with E-state index < -0.39 is 0 Å². The van der Waals surface area contributed by atoms with Crippen molar-refractivity contribution in [1.82, 2.24) is 9.55 Å². The fourth-order valence-electron chi connectivity index (χ4n) is 5.05. The minimum absolute atomic E-state index is 0.191. The first-order valence-corrected chi connectivity index (χ1v) is 14.9. The fourth-order valence-corrected chi connectivity index (χ4v) is 6.69. The molecule has 36 heavy (non-hydrogen) atoms. The number of imidazole rings is 1. The van der Waals surface area contributed by atoms with Crippen molar-refractivity contribution in [2.24, 2.45) is 0 Å². The molecule has 1 radical (unpaired) electrons. The summed E-state index contributed by atoms with van der Waals surface area (Å²) in [4.78, 5) is 4.75. The van der Waals surface area contributed by atoms with Gasteiger partial charge in [-0.2, -0.15) is 0 Å². The zero-order valence-corrected chi connectivity index (χ0v) is 22.1. The van der Waals surface area contributed by atoms with E-state index in [0.717, 1.165) is 11.9 Å². The number of hydrogen-bond donors (Lipinski definition) is 0. The van der Waals surface area contributed by atoms with Crippen LogP contribution in [0, 0.1) is 0 Å². The molecule has 0 amide bonds. The Morgan fingerprint density at radius 1 is 0.639 bits per heavy atom. The third kappa shape index (κ3) is 6.13. The lowest BCUT2D eigenvalue weighted by Gasteiger charge is -2.19. The number of benzene rings is 4. The largest absolute Gasteiger partial charge is 0.347 e. The van der Waals surface area contributed by atoms with Gasteiger partial charge in [0.05, 0.1) is 5.72 Å². The van der Waals surface area contributed by atoms with Gasteiger partial charge in [0, 0.05) is 34.0 Å². The molecule has 1 aromatic heterocycles. The molecule has 0 saturated carbocycles. The predicted octanol–water partition coefficient (Wildman–Crippen LogP) is 5.77. The smallest absolute Gasteiger partial charge is 0.215 e. The number of rotatable bonds is 11. The van der Waals surface area contributed by atoms with Crippen LogP contribution >= 0.6 is 0 Å². The molecule has 0 aliphatic carbocycles. The van der Waals surface area contributed by atoms with Crippen molar-refractivity contribution < 1.29 is 0 Å². The summed E-state index contributed by atoms with van der Waals surface area (Å²) >= 11 is 0. The Kier molecular flexibility index (Phi) is 8.27. The van der Waals surface area contributed by atoms with E-state index in [1.165, 1.54) is 34.7 Å². The Hall–Kier alpha value is -3.63. The van der Waals surface area contributed by atoms with E-state index >= 15 is 0 Å². The highest BCUT2D eigenvalue weighted by Gasteiger charge is 2.19. The molecular weight excluding hydrogens is 451 g/mol. The Labute approximate surface area is 218 Å². The molecule has 5 aromatic rings. The highest BCUT2D eigenvalue weighted by Crippen LogP contribution is 2.29. The lowest BCUT2D eigenvalue weighted by Crippen LogP contribution is -2.32. The molecule has 0 atom stereocenters. The van der Waals surface area contributed by atoms with E-state index in [9.17, 15) is 0 Å². The maximum absolute atomic E-state index is 4.75. The normalized spacial score (nSPS) is 11.5. The minimum Gasteiger partial charge on any atom is -0.347 e. The van der Waals surface area contributed by atoms with Gasteiger partial charge in [-0.05, 0) is 34.5 Å². The molecule has 177 valence electrons. The molecule has 0 saturated heterocycles. The summed E-state index contributed by atoms with van der Waals surface area (Å²) in [6.45, 7) is 0.